The summed E-state index contributed by atoms with van der Waals surface area (Å²) in [6.07, 6.45) is 3.71. The van der Waals surface area contributed by atoms with E-state index in [1.165, 1.54) is 10.6 Å². The van der Waals surface area contributed by atoms with Crippen molar-refractivity contribution in [3.8, 4) is 0 Å². The van der Waals surface area contributed by atoms with E-state index >= 15 is 0 Å². The Morgan fingerprint density at radius 1 is 1.45 bits per heavy atom. The average molecular weight is 317 g/mol. The van der Waals surface area contributed by atoms with Crippen molar-refractivity contribution in [3.63, 3.8) is 0 Å². The second-order valence-electron chi connectivity index (χ2n) is 5.67. The minimum absolute atomic E-state index is 0.00581. The lowest BCUT2D eigenvalue weighted by Gasteiger charge is -2.32. The number of hydrogen-bond acceptors (Lipinski definition) is 4. The number of likely N-dealkylation sites (tertiary alicyclic amines) is 1. The molecular weight excluding hydrogens is 298 g/mol. The fraction of sp³-hybridized carbons (Fsp3) is 0.438. The third-order valence-electron chi connectivity index (χ3n) is 3.96. The van der Waals surface area contributed by atoms with Gasteiger partial charge >= 0.3 is 0 Å². The quantitative estimate of drug-likeness (QED) is 0.870. The Hall–Kier alpha value is -1.95. The molecule has 1 aliphatic rings. The Labute approximate surface area is 133 Å². The number of aryl methyl sites for hydroxylation is 1. The fourth-order valence-electron chi connectivity index (χ4n) is 2.80. The Morgan fingerprint density at radius 2 is 2.32 bits per heavy atom. The minimum Gasteiger partial charge on any atom is -0.340 e. The maximum Gasteiger partial charge on any atom is 0.250 e. The molecular formula is C16H19N3O2S. The van der Waals surface area contributed by atoms with Gasteiger partial charge in [-0.25, -0.2) is 4.98 Å². The summed E-state index contributed by atoms with van der Waals surface area (Å²) in [6, 6.07) is 4.93. The monoisotopic (exact) mass is 317 g/mol. The summed E-state index contributed by atoms with van der Waals surface area (Å²) in [7, 11) is 0. The first-order chi connectivity index (χ1) is 10.6. The van der Waals surface area contributed by atoms with E-state index in [1.807, 2.05) is 11.8 Å². The van der Waals surface area contributed by atoms with Crippen LogP contribution in [0.5, 0.6) is 0 Å². The minimum atomic E-state index is -0.139. The Kier molecular flexibility index (Phi) is 4.38. The number of amides is 1. The topological polar surface area (TPSA) is 55.2 Å². The van der Waals surface area contributed by atoms with Gasteiger partial charge in [0.2, 0.25) is 5.91 Å². The summed E-state index contributed by atoms with van der Waals surface area (Å²) in [4.78, 5) is 30.6. The molecule has 0 aliphatic carbocycles. The molecule has 22 heavy (non-hydrogen) atoms. The molecule has 0 unspecified atom stereocenters. The summed E-state index contributed by atoms with van der Waals surface area (Å²) >= 11 is 1.67. The van der Waals surface area contributed by atoms with E-state index in [4.69, 9.17) is 0 Å². The van der Waals surface area contributed by atoms with E-state index in [0.717, 1.165) is 30.1 Å². The number of thiazole rings is 1. The van der Waals surface area contributed by atoms with Gasteiger partial charge in [-0.15, -0.1) is 11.3 Å². The van der Waals surface area contributed by atoms with Gasteiger partial charge in [0.1, 0.15) is 6.54 Å². The molecule has 1 atom stereocenters. The molecule has 0 N–H and O–H groups in total. The summed E-state index contributed by atoms with van der Waals surface area (Å²) in [5, 5.41) is 3.17. The van der Waals surface area contributed by atoms with Crippen LogP contribution in [0, 0.1) is 6.92 Å². The molecule has 2 aromatic rings. The molecule has 1 aliphatic heterocycles. The van der Waals surface area contributed by atoms with Crippen molar-refractivity contribution in [2.24, 2.45) is 0 Å². The van der Waals surface area contributed by atoms with Crippen molar-refractivity contribution in [2.45, 2.75) is 32.2 Å². The Morgan fingerprint density at radius 3 is 3.05 bits per heavy atom. The van der Waals surface area contributed by atoms with Gasteiger partial charge in [-0.05, 0) is 25.8 Å². The first kappa shape index (κ1) is 15.0. The highest BCUT2D eigenvalue weighted by Gasteiger charge is 2.26. The molecule has 3 heterocycles. The van der Waals surface area contributed by atoms with Crippen LogP contribution >= 0.6 is 11.3 Å². The van der Waals surface area contributed by atoms with Gasteiger partial charge in [0.25, 0.3) is 5.56 Å². The Balaban J connectivity index is 1.68. The van der Waals surface area contributed by atoms with Crippen molar-refractivity contribution in [2.75, 3.05) is 13.1 Å². The highest BCUT2D eigenvalue weighted by atomic mass is 32.1. The average Bonchev–Trinajstić information content (AvgIpc) is 2.96. The second-order valence-corrected chi connectivity index (χ2v) is 6.56. The highest BCUT2D eigenvalue weighted by molar-refractivity contribution is 7.09. The van der Waals surface area contributed by atoms with Gasteiger partial charge in [-0.3, -0.25) is 9.59 Å². The second kappa shape index (κ2) is 6.44. The van der Waals surface area contributed by atoms with Crippen LogP contribution in [0.4, 0.5) is 0 Å². The molecule has 0 spiro atoms. The maximum absolute atomic E-state index is 12.5. The summed E-state index contributed by atoms with van der Waals surface area (Å²) < 4.78 is 1.46. The third kappa shape index (κ3) is 3.27. The molecule has 2 aromatic heterocycles. The normalized spacial score (nSPS) is 18.4. The number of pyridine rings is 1. The van der Waals surface area contributed by atoms with Gasteiger partial charge in [0.05, 0.1) is 5.01 Å². The lowest BCUT2D eigenvalue weighted by atomic mass is 9.98. The number of piperidine rings is 1. The number of rotatable bonds is 3. The number of nitrogens with zero attached hydrogens (tertiary/aromatic N) is 3. The number of carbonyl (C=O) groups is 1. The van der Waals surface area contributed by atoms with Crippen molar-refractivity contribution < 1.29 is 4.79 Å². The molecule has 0 saturated carbocycles. The van der Waals surface area contributed by atoms with E-state index in [-0.39, 0.29) is 18.0 Å². The molecule has 0 radical (unpaired) electrons. The predicted molar refractivity (Wildman–Crippen MR) is 86.1 cm³/mol. The van der Waals surface area contributed by atoms with Gasteiger partial charge in [-0.1, -0.05) is 6.07 Å². The molecule has 5 nitrogen and oxygen atoms in total. The van der Waals surface area contributed by atoms with Crippen molar-refractivity contribution in [3.05, 3.63) is 50.8 Å². The van der Waals surface area contributed by atoms with Crippen LogP contribution in [0.15, 0.2) is 34.6 Å². The van der Waals surface area contributed by atoms with Gasteiger partial charge in [-0.2, -0.15) is 0 Å². The van der Waals surface area contributed by atoms with E-state index in [9.17, 15) is 9.59 Å². The SMILES string of the molecule is Cc1csc([C@H]2CCCN(C(=O)Cn3ccccc3=O)C2)n1. The summed E-state index contributed by atoms with van der Waals surface area (Å²) in [5.74, 6) is 0.329. The van der Waals surface area contributed by atoms with Crippen LogP contribution < -0.4 is 5.56 Å². The lowest BCUT2D eigenvalue weighted by Crippen LogP contribution is -2.42. The molecule has 0 aromatic carbocycles. The molecule has 1 fully saturated rings. The summed E-state index contributed by atoms with van der Waals surface area (Å²) in [6.45, 7) is 3.57. The fourth-order valence-corrected chi connectivity index (χ4v) is 3.73. The zero-order chi connectivity index (χ0) is 15.5. The molecule has 1 amide bonds. The van der Waals surface area contributed by atoms with Crippen LogP contribution in [0.1, 0.15) is 29.5 Å². The van der Waals surface area contributed by atoms with Crippen LogP contribution in [-0.4, -0.2) is 33.4 Å². The first-order valence-corrected chi connectivity index (χ1v) is 8.37. The zero-order valence-corrected chi connectivity index (χ0v) is 13.4. The van der Waals surface area contributed by atoms with Gasteiger partial charge in [0.15, 0.2) is 0 Å². The highest BCUT2D eigenvalue weighted by Crippen LogP contribution is 2.29. The van der Waals surface area contributed by atoms with Crippen molar-refractivity contribution in [1.82, 2.24) is 14.5 Å². The molecule has 1 saturated heterocycles. The molecule has 116 valence electrons. The predicted octanol–water partition coefficient (Wildman–Crippen LogP) is 2.02. The molecule has 0 bridgehead atoms. The molecule has 6 heteroatoms. The molecule has 3 rings (SSSR count). The van der Waals surface area contributed by atoms with E-state index in [1.54, 1.807) is 29.7 Å². The zero-order valence-electron chi connectivity index (χ0n) is 12.6. The summed E-state index contributed by atoms with van der Waals surface area (Å²) in [5.41, 5.74) is 0.902. The number of hydrogen-bond donors (Lipinski definition) is 0. The largest absolute Gasteiger partial charge is 0.340 e. The maximum atomic E-state index is 12.5. The standard InChI is InChI=1S/C16H19N3O2S/c1-12-11-22-16(17-12)13-5-4-8-18(9-13)15(21)10-19-7-3-2-6-14(19)20/h2-3,6-7,11,13H,4-5,8-10H2,1H3/t13-/m0/s1. The van der Waals surface area contributed by atoms with Crippen molar-refractivity contribution in [1.29, 1.82) is 0 Å². The van der Waals surface area contributed by atoms with Crippen molar-refractivity contribution >= 4 is 17.2 Å². The van der Waals surface area contributed by atoms with Gasteiger partial charge in [0, 0.05) is 42.3 Å². The number of carbonyl (C=O) groups excluding carboxylic acids is 1. The van der Waals surface area contributed by atoms with Gasteiger partial charge < -0.3 is 9.47 Å². The van der Waals surface area contributed by atoms with Crippen LogP contribution in [0.25, 0.3) is 0 Å². The van der Waals surface area contributed by atoms with Crippen LogP contribution in [-0.2, 0) is 11.3 Å². The first-order valence-electron chi connectivity index (χ1n) is 7.49. The van der Waals surface area contributed by atoms with E-state index in [0.29, 0.717) is 12.5 Å². The smallest absolute Gasteiger partial charge is 0.250 e. The third-order valence-corrected chi connectivity index (χ3v) is 5.09. The lowest BCUT2D eigenvalue weighted by molar-refractivity contribution is -0.133. The number of aromatic nitrogens is 2. The Bertz CT molecular complexity index is 722. The van der Waals surface area contributed by atoms with Crippen LogP contribution in [0.2, 0.25) is 0 Å². The van der Waals surface area contributed by atoms with Crippen LogP contribution in [0.3, 0.4) is 0 Å². The van der Waals surface area contributed by atoms with E-state index in [2.05, 4.69) is 10.4 Å². The van der Waals surface area contributed by atoms with E-state index < -0.39 is 0 Å².